The van der Waals surface area contributed by atoms with Crippen molar-refractivity contribution >= 4 is 27.6 Å². The summed E-state index contributed by atoms with van der Waals surface area (Å²) in [5, 5.41) is 7.45. The molecule has 4 rings (SSSR count). The van der Waals surface area contributed by atoms with Gasteiger partial charge in [-0.1, -0.05) is 12.1 Å². The smallest absolute Gasteiger partial charge is 0.443 e. The first-order valence-electron chi connectivity index (χ1n) is 10.9. The van der Waals surface area contributed by atoms with Crippen LogP contribution in [0.3, 0.4) is 0 Å². The van der Waals surface area contributed by atoms with Crippen LogP contribution in [0.2, 0.25) is 0 Å². The molecule has 3 N–H and O–H groups in total. The average molecular weight is 528 g/mol. The third-order valence-electron chi connectivity index (χ3n) is 5.85. The molecule has 0 aliphatic carbocycles. The minimum absolute atomic E-state index is 0.0551. The fraction of sp³-hybridized carbons (Fsp3) is 0.364. The van der Waals surface area contributed by atoms with Gasteiger partial charge in [-0.2, -0.15) is 4.31 Å². The zero-order valence-electron chi connectivity index (χ0n) is 18.9. The minimum atomic E-state index is -5.02. The van der Waals surface area contributed by atoms with Crippen molar-refractivity contribution in [2.75, 3.05) is 44.2 Å². The Morgan fingerprint density at radius 3 is 2.33 bits per heavy atom. The van der Waals surface area contributed by atoms with Crippen molar-refractivity contribution < 1.29 is 35.9 Å². The number of carbonyl (C=O) groups is 1. The average Bonchev–Trinajstić information content (AvgIpc) is 3.18. The van der Waals surface area contributed by atoms with E-state index in [1.165, 1.54) is 17.0 Å². The number of hydrogen-bond donors (Lipinski definition) is 2. The van der Waals surface area contributed by atoms with E-state index in [4.69, 9.17) is 15.9 Å². The number of nitrogens with one attached hydrogen (secondary N) is 1. The standard InChI is InChI=1S/C22H24F3N5O5S/c23-22(24,25)35-18-3-1-2-4-19(18)36(32,33)29-11-9-28(10-12-29)13-17-14-30(21(31)34-17)16-7-5-15(6-8-16)20(26)27/h1-8,17H,9-14H2,(H3,26,27). The van der Waals surface area contributed by atoms with E-state index in [2.05, 4.69) is 4.74 Å². The number of ether oxygens (including phenoxy) is 2. The molecule has 0 radical (unpaired) electrons. The van der Waals surface area contributed by atoms with Gasteiger partial charge in [0.05, 0.1) is 6.54 Å². The van der Waals surface area contributed by atoms with Crippen LogP contribution in [-0.4, -0.2) is 81.3 Å². The number of para-hydroxylation sites is 1. The number of amidine groups is 1. The number of sulfonamides is 1. The number of rotatable bonds is 7. The zero-order chi connectivity index (χ0) is 26.1. The normalized spacial score (nSPS) is 19.8. The van der Waals surface area contributed by atoms with Crippen LogP contribution < -0.4 is 15.4 Å². The second-order valence-electron chi connectivity index (χ2n) is 8.28. The Bertz CT molecular complexity index is 1230. The molecule has 2 fully saturated rings. The fourth-order valence-electron chi connectivity index (χ4n) is 4.10. The molecule has 1 atom stereocenters. The molecule has 1 unspecified atom stereocenters. The number of nitrogen functional groups attached to an aromatic ring is 1. The van der Waals surface area contributed by atoms with E-state index < -0.39 is 39.2 Å². The highest BCUT2D eigenvalue weighted by molar-refractivity contribution is 7.89. The first-order valence-corrected chi connectivity index (χ1v) is 12.4. The van der Waals surface area contributed by atoms with Crippen LogP contribution in [0.25, 0.3) is 0 Å². The Morgan fingerprint density at radius 2 is 1.72 bits per heavy atom. The Balaban J connectivity index is 1.35. The van der Waals surface area contributed by atoms with Gasteiger partial charge < -0.3 is 15.2 Å². The van der Waals surface area contributed by atoms with Crippen molar-refractivity contribution in [2.24, 2.45) is 5.73 Å². The molecular formula is C22H24F3N5O5S. The van der Waals surface area contributed by atoms with Gasteiger partial charge in [0, 0.05) is 44.0 Å². The van der Waals surface area contributed by atoms with Crippen LogP contribution in [0, 0.1) is 5.41 Å². The molecular weight excluding hydrogens is 503 g/mol. The summed E-state index contributed by atoms with van der Waals surface area (Å²) in [5.41, 5.74) is 6.58. The van der Waals surface area contributed by atoms with Crippen molar-refractivity contribution in [1.82, 2.24) is 9.21 Å². The van der Waals surface area contributed by atoms with Gasteiger partial charge in [-0.05, 0) is 36.4 Å². The van der Waals surface area contributed by atoms with Crippen molar-refractivity contribution in [3.63, 3.8) is 0 Å². The van der Waals surface area contributed by atoms with Crippen molar-refractivity contribution in [3.8, 4) is 5.75 Å². The van der Waals surface area contributed by atoms with E-state index >= 15 is 0 Å². The second kappa shape index (κ2) is 9.95. The van der Waals surface area contributed by atoms with Gasteiger partial charge in [0.1, 0.15) is 22.6 Å². The number of hydrogen-bond acceptors (Lipinski definition) is 7. The van der Waals surface area contributed by atoms with E-state index in [1.54, 1.807) is 24.3 Å². The lowest BCUT2D eigenvalue weighted by Gasteiger charge is -2.34. The van der Waals surface area contributed by atoms with Gasteiger partial charge in [-0.25, -0.2) is 13.2 Å². The molecule has 14 heteroatoms. The Labute approximate surface area is 205 Å². The van der Waals surface area contributed by atoms with Crippen LogP contribution >= 0.6 is 0 Å². The number of cyclic esters (lactones) is 1. The van der Waals surface area contributed by atoms with E-state index in [9.17, 15) is 26.4 Å². The highest BCUT2D eigenvalue weighted by Crippen LogP contribution is 2.32. The lowest BCUT2D eigenvalue weighted by atomic mass is 10.2. The number of amides is 1. The summed E-state index contributed by atoms with van der Waals surface area (Å²) in [5.74, 6) is -0.859. The van der Waals surface area contributed by atoms with Crippen LogP contribution in [-0.2, 0) is 14.8 Å². The van der Waals surface area contributed by atoms with Crippen LogP contribution in [0.5, 0.6) is 5.75 Å². The van der Waals surface area contributed by atoms with E-state index in [-0.39, 0.29) is 18.9 Å². The summed E-state index contributed by atoms with van der Waals surface area (Å²) < 4.78 is 74.7. The Kier molecular flexibility index (Phi) is 7.11. The molecule has 2 aliphatic heterocycles. The molecule has 0 bridgehead atoms. The molecule has 2 saturated heterocycles. The maximum atomic E-state index is 13.0. The van der Waals surface area contributed by atoms with Crippen molar-refractivity contribution in [2.45, 2.75) is 17.4 Å². The number of halogens is 3. The first kappa shape index (κ1) is 25.7. The Morgan fingerprint density at radius 1 is 1.08 bits per heavy atom. The van der Waals surface area contributed by atoms with Gasteiger partial charge in [0.25, 0.3) is 0 Å². The number of alkyl halides is 3. The highest BCUT2D eigenvalue weighted by Gasteiger charge is 2.38. The van der Waals surface area contributed by atoms with Gasteiger partial charge >= 0.3 is 12.5 Å². The van der Waals surface area contributed by atoms with Gasteiger partial charge in [-0.15, -0.1) is 13.2 Å². The molecule has 0 spiro atoms. The molecule has 2 aromatic rings. The molecule has 0 saturated carbocycles. The van der Waals surface area contributed by atoms with Crippen molar-refractivity contribution in [1.29, 1.82) is 5.41 Å². The van der Waals surface area contributed by atoms with E-state index in [0.717, 1.165) is 16.4 Å². The highest BCUT2D eigenvalue weighted by atomic mass is 32.2. The zero-order valence-corrected chi connectivity index (χ0v) is 19.8. The van der Waals surface area contributed by atoms with Gasteiger partial charge in [0.2, 0.25) is 10.0 Å². The van der Waals surface area contributed by atoms with E-state index in [1.807, 2.05) is 4.90 Å². The summed E-state index contributed by atoms with van der Waals surface area (Å²) in [7, 11) is -4.21. The van der Waals surface area contributed by atoms with Gasteiger partial charge in [0.15, 0.2) is 0 Å². The molecule has 2 aliphatic rings. The van der Waals surface area contributed by atoms with Crippen LogP contribution in [0.1, 0.15) is 5.56 Å². The number of nitrogens with zero attached hydrogens (tertiary/aromatic N) is 3. The van der Waals surface area contributed by atoms with Crippen LogP contribution in [0.15, 0.2) is 53.4 Å². The summed E-state index contributed by atoms with van der Waals surface area (Å²) in [4.78, 5) is 15.2. The quantitative estimate of drug-likeness (QED) is 0.417. The monoisotopic (exact) mass is 527 g/mol. The third-order valence-corrected chi connectivity index (χ3v) is 7.79. The van der Waals surface area contributed by atoms with E-state index in [0.29, 0.717) is 37.4 Å². The minimum Gasteiger partial charge on any atom is -0.443 e. The lowest BCUT2D eigenvalue weighted by molar-refractivity contribution is -0.275. The van der Waals surface area contributed by atoms with Gasteiger partial charge in [-0.3, -0.25) is 15.2 Å². The summed E-state index contributed by atoms with van der Waals surface area (Å²) in [6.07, 6.45) is -5.99. The molecule has 10 nitrogen and oxygen atoms in total. The Hall–Kier alpha value is -3.36. The molecule has 0 aromatic heterocycles. The summed E-state index contributed by atoms with van der Waals surface area (Å²) >= 11 is 0. The fourth-order valence-corrected chi connectivity index (χ4v) is 5.64. The van der Waals surface area contributed by atoms with Crippen LogP contribution in [0.4, 0.5) is 23.7 Å². The number of piperazine rings is 1. The largest absolute Gasteiger partial charge is 0.573 e. The number of carbonyl (C=O) groups excluding carboxylic acids is 1. The topological polar surface area (TPSA) is 129 Å². The number of benzene rings is 2. The molecule has 194 valence electrons. The predicted molar refractivity (Wildman–Crippen MR) is 123 cm³/mol. The predicted octanol–water partition coefficient (Wildman–Crippen LogP) is 2.20. The molecule has 2 aromatic carbocycles. The maximum absolute atomic E-state index is 13.0. The number of nitrogens with two attached hydrogens (primary N) is 1. The lowest BCUT2D eigenvalue weighted by Crippen LogP contribution is -2.50. The number of anilines is 1. The second-order valence-corrected chi connectivity index (χ2v) is 10.2. The molecule has 2 heterocycles. The SMILES string of the molecule is N=C(N)c1ccc(N2CC(CN3CCN(S(=O)(=O)c4ccccc4OC(F)(F)F)CC3)OC2=O)cc1. The molecule has 1 amide bonds. The third kappa shape index (κ3) is 5.71. The molecule has 36 heavy (non-hydrogen) atoms. The van der Waals surface area contributed by atoms with Crippen molar-refractivity contribution in [3.05, 3.63) is 54.1 Å². The maximum Gasteiger partial charge on any atom is 0.573 e. The first-order chi connectivity index (χ1) is 16.9. The summed E-state index contributed by atoms with van der Waals surface area (Å²) in [6.45, 7) is 1.39. The summed E-state index contributed by atoms with van der Waals surface area (Å²) in [6, 6.07) is 11.3.